The van der Waals surface area contributed by atoms with Crippen LogP contribution >= 0.6 is 23.4 Å². The van der Waals surface area contributed by atoms with Gasteiger partial charge >= 0.3 is 6.03 Å². The lowest BCUT2D eigenvalue weighted by molar-refractivity contribution is -0.130. The lowest BCUT2D eigenvalue weighted by Gasteiger charge is -2.25. The van der Waals surface area contributed by atoms with E-state index in [-0.39, 0.29) is 12.1 Å². The van der Waals surface area contributed by atoms with Crippen molar-refractivity contribution in [3.05, 3.63) is 76.9 Å². The molecule has 0 unspecified atom stereocenters. The highest BCUT2D eigenvalue weighted by Crippen LogP contribution is 2.31. The zero-order valence-electron chi connectivity index (χ0n) is 14.8. The summed E-state index contributed by atoms with van der Waals surface area (Å²) in [5.74, 6) is -0.772. The van der Waals surface area contributed by atoms with E-state index in [0.717, 1.165) is 9.80 Å². The SMILES string of the molecule is O=C1NC(=O)N(Cc2ccco2)C(=O)/C1=C\c1ccc(Sc2ccc(Cl)cc2)o1. The molecule has 2 aromatic heterocycles. The molecular weight excluding hydrogens is 416 g/mol. The number of barbiturate groups is 1. The van der Waals surface area contributed by atoms with Crippen molar-refractivity contribution in [2.75, 3.05) is 0 Å². The van der Waals surface area contributed by atoms with E-state index in [1.54, 1.807) is 36.4 Å². The third-order valence-electron chi connectivity index (χ3n) is 4.00. The number of imide groups is 2. The highest BCUT2D eigenvalue weighted by molar-refractivity contribution is 7.99. The number of rotatable bonds is 5. The zero-order valence-corrected chi connectivity index (χ0v) is 16.3. The van der Waals surface area contributed by atoms with Gasteiger partial charge < -0.3 is 8.83 Å². The molecule has 3 heterocycles. The molecule has 0 aliphatic carbocycles. The van der Waals surface area contributed by atoms with Gasteiger partial charge in [-0.05, 0) is 54.6 Å². The molecule has 1 fully saturated rings. The summed E-state index contributed by atoms with van der Waals surface area (Å²) < 4.78 is 10.9. The van der Waals surface area contributed by atoms with Crippen molar-refractivity contribution in [3.63, 3.8) is 0 Å². The summed E-state index contributed by atoms with van der Waals surface area (Å²) in [6, 6.07) is 13.1. The number of benzene rings is 1. The van der Waals surface area contributed by atoms with Crippen molar-refractivity contribution in [2.24, 2.45) is 0 Å². The largest absolute Gasteiger partial charge is 0.467 e. The van der Waals surface area contributed by atoms with Crippen LogP contribution in [0.5, 0.6) is 0 Å². The van der Waals surface area contributed by atoms with Gasteiger partial charge in [-0.3, -0.25) is 19.8 Å². The van der Waals surface area contributed by atoms with E-state index < -0.39 is 17.8 Å². The Morgan fingerprint density at radius 1 is 1.07 bits per heavy atom. The predicted octanol–water partition coefficient (Wildman–Crippen LogP) is 4.34. The Balaban J connectivity index is 1.54. The number of halogens is 1. The molecule has 4 amide bonds. The van der Waals surface area contributed by atoms with E-state index in [0.29, 0.717) is 21.6 Å². The lowest BCUT2D eigenvalue weighted by atomic mass is 10.1. The highest BCUT2D eigenvalue weighted by atomic mass is 35.5. The number of amides is 4. The molecule has 0 bridgehead atoms. The summed E-state index contributed by atoms with van der Waals surface area (Å²) in [6.45, 7) is -0.0852. The van der Waals surface area contributed by atoms with Crippen LogP contribution in [0, 0.1) is 0 Å². The Morgan fingerprint density at radius 2 is 1.86 bits per heavy atom. The summed E-state index contributed by atoms with van der Waals surface area (Å²) in [6.07, 6.45) is 2.75. The third kappa shape index (κ3) is 4.28. The first-order valence-corrected chi connectivity index (χ1v) is 9.63. The van der Waals surface area contributed by atoms with E-state index in [2.05, 4.69) is 5.32 Å². The number of carbonyl (C=O) groups excluding carboxylic acids is 3. The van der Waals surface area contributed by atoms with Crippen molar-refractivity contribution in [3.8, 4) is 0 Å². The molecule has 0 radical (unpaired) electrons. The fourth-order valence-electron chi connectivity index (χ4n) is 2.62. The Labute approximate surface area is 174 Å². The van der Waals surface area contributed by atoms with Crippen LogP contribution < -0.4 is 5.32 Å². The van der Waals surface area contributed by atoms with Crippen LogP contribution in [0.3, 0.4) is 0 Å². The smallest absolute Gasteiger partial charge is 0.331 e. The van der Waals surface area contributed by atoms with Gasteiger partial charge in [-0.1, -0.05) is 23.4 Å². The van der Waals surface area contributed by atoms with E-state index in [9.17, 15) is 14.4 Å². The van der Waals surface area contributed by atoms with Gasteiger partial charge in [0.15, 0.2) is 5.09 Å². The fourth-order valence-corrected chi connectivity index (χ4v) is 3.53. The average Bonchev–Trinajstić information content (AvgIpc) is 3.36. The number of urea groups is 1. The summed E-state index contributed by atoms with van der Waals surface area (Å²) >= 11 is 7.24. The van der Waals surface area contributed by atoms with Crippen LogP contribution in [0.1, 0.15) is 11.5 Å². The number of hydrogen-bond donors (Lipinski definition) is 1. The van der Waals surface area contributed by atoms with Crippen molar-refractivity contribution < 1.29 is 23.2 Å². The van der Waals surface area contributed by atoms with Gasteiger partial charge in [0.05, 0.1) is 12.8 Å². The molecule has 1 aliphatic heterocycles. The second-order valence-corrected chi connectivity index (χ2v) is 7.52. The molecule has 3 aromatic rings. The van der Waals surface area contributed by atoms with Crippen LogP contribution in [-0.4, -0.2) is 22.7 Å². The summed E-state index contributed by atoms with van der Waals surface area (Å²) in [7, 11) is 0. The van der Waals surface area contributed by atoms with E-state index in [4.69, 9.17) is 20.4 Å². The minimum atomic E-state index is -0.799. The second-order valence-electron chi connectivity index (χ2n) is 6.00. The van der Waals surface area contributed by atoms with Gasteiger partial charge in [-0.25, -0.2) is 4.79 Å². The van der Waals surface area contributed by atoms with Crippen LogP contribution in [0.2, 0.25) is 5.02 Å². The molecule has 0 atom stereocenters. The molecule has 1 aromatic carbocycles. The quantitative estimate of drug-likeness (QED) is 0.480. The van der Waals surface area contributed by atoms with Crippen molar-refractivity contribution >= 4 is 47.3 Å². The van der Waals surface area contributed by atoms with Crippen LogP contribution in [0.15, 0.2) is 79.2 Å². The number of carbonyl (C=O) groups is 3. The van der Waals surface area contributed by atoms with Crippen molar-refractivity contribution in [1.82, 2.24) is 10.2 Å². The fraction of sp³-hybridized carbons (Fsp3) is 0.0500. The number of hydrogen-bond acceptors (Lipinski definition) is 6. The molecule has 9 heteroatoms. The first-order chi connectivity index (χ1) is 14.0. The predicted molar refractivity (Wildman–Crippen MR) is 105 cm³/mol. The maximum Gasteiger partial charge on any atom is 0.331 e. The minimum absolute atomic E-state index is 0.0852. The molecule has 1 saturated heterocycles. The second kappa shape index (κ2) is 8.02. The van der Waals surface area contributed by atoms with E-state index in [1.165, 1.54) is 24.1 Å². The van der Waals surface area contributed by atoms with E-state index >= 15 is 0 Å². The maximum atomic E-state index is 12.7. The number of nitrogens with one attached hydrogen (secondary N) is 1. The minimum Gasteiger partial charge on any atom is -0.467 e. The zero-order chi connectivity index (χ0) is 20.4. The van der Waals surface area contributed by atoms with Gasteiger partial charge in [0.25, 0.3) is 11.8 Å². The summed E-state index contributed by atoms with van der Waals surface area (Å²) in [5, 5.41) is 3.36. The normalized spacial score (nSPS) is 15.8. The third-order valence-corrected chi connectivity index (χ3v) is 5.18. The molecule has 1 N–H and O–H groups in total. The Bertz CT molecular complexity index is 1100. The van der Waals surface area contributed by atoms with Gasteiger partial charge in [0.1, 0.15) is 17.1 Å². The first-order valence-electron chi connectivity index (χ1n) is 8.44. The molecule has 0 saturated carbocycles. The molecule has 0 spiro atoms. The van der Waals surface area contributed by atoms with Gasteiger partial charge in [0.2, 0.25) is 0 Å². The van der Waals surface area contributed by atoms with Crippen LogP contribution in [-0.2, 0) is 16.1 Å². The molecule has 1 aliphatic rings. The standard InChI is InChI=1S/C20H13ClN2O5S/c21-12-3-6-15(7-4-12)29-17-8-5-13(28-17)10-16-18(24)22-20(26)23(19(16)25)11-14-2-1-9-27-14/h1-10H,11H2,(H,22,24,26)/b16-10-. The first kappa shape index (κ1) is 19.1. The number of furan rings is 2. The lowest BCUT2D eigenvalue weighted by Crippen LogP contribution is -2.53. The molecule has 29 heavy (non-hydrogen) atoms. The molecule has 7 nitrogen and oxygen atoms in total. The van der Waals surface area contributed by atoms with Crippen molar-refractivity contribution in [1.29, 1.82) is 0 Å². The van der Waals surface area contributed by atoms with Gasteiger partial charge in [-0.2, -0.15) is 0 Å². The van der Waals surface area contributed by atoms with Crippen molar-refractivity contribution in [2.45, 2.75) is 16.5 Å². The van der Waals surface area contributed by atoms with Gasteiger partial charge in [-0.15, -0.1) is 0 Å². The Kier molecular flexibility index (Phi) is 5.28. The Hall–Kier alpha value is -3.23. The summed E-state index contributed by atoms with van der Waals surface area (Å²) in [4.78, 5) is 38.7. The number of nitrogens with zero attached hydrogens (tertiary/aromatic N) is 1. The topological polar surface area (TPSA) is 92.8 Å². The Morgan fingerprint density at radius 3 is 2.59 bits per heavy atom. The monoisotopic (exact) mass is 428 g/mol. The summed E-state index contributed by atoms with van der Waals surface area (Å²) in [5.41, 5.74) is -0.200. The maximum absolute atomic E-state index is 12.7. The molecule has 4 rings (SSSR count). The average molecular weight is 429 g/mol. The molecular formula is C20H13ClN2O5S. The van der Waals surface area contributed by atoms with Gasteiger partial charge in [0, 0.05) is 9.92 Å². The highest BCUT2D eigenvalue weighted by Gasteiger charge is 2.36. The van der Waals surface area contributed by atoms with Crippen LogP contribution in [0.25, 0.3) is 6.08 Å². The van der Waals surface area contributed by atoms with Crippen LogP contribution in [0.4, 0.5) is 4.79 Å². The molecule has 146 valence electrons. The van der Waals surface area contributed by atoms with E-state index in [1.807, 2.05) is 12.1 Å².